The quantitative estimate of drug-likeness (QED) is 0.766. The zero-order valence-electron chi connectivity index (χ0n) is 13.1. The average molecular weight is 276 g/mol. The van der Waals surface area contributed by atoms with Gasteiger partial charge in [-0.05, 0) is 38.2 Å². The molecule has 0 saturated carbocycles. The van der Waals surface area contributed by atoms with Gasteiger partial charge in [-0.25, -0.2) is 0 Å². The summed E-state index contributed by atoms with van der Waals surface area (Å²) < 4.78 is 0. The minimum Gasteiger partial charge on any atom is -0.354 e. The Bertz CT molecular complexity index is 389. The predicted molar refractivity (Wildman–Crippen MR) is 84.7 cm³/mol. The number of nitrogens with one attached hydrogen (secondary N) is 2. The van der Waals surface area contributed by atoms with Crippen molar-refractivity contribution in [2.75, 3.05) is 6.54 Å². The van der Waals surface area contributed by atoms with Crippen molar-refractivity contribution >= 4 is 5.91 Å². The van der Waals surface area contributed by atoms with Gasteiger partial charge in [0, 0.05) is 12.6 Å². The summed E-state index contributed by atoms with van der Waals surface area (Å²) >= 11 is 0. The van der Waals surface area contributed by atoms with Crippen LogP contribution in [0.4, 0.5) is 0 Å². The Labute approximate surface area is 123 Å². The van der Waals surface area contributed by atoms with Crippen LogP contribution in [0.5, 0.6) is 0 Å². The third kappa shape index (κ3) is 6.71. The molecule has 0 heterocycles. The van der Waals surface area contributed by atoms with Crippen LogP contribution in [0.25, 0.3) is 0 Å². The van der Waals surface area contributed by atoms with Crippen molar-refractivity contribution in [3.8, 4) is 0 Å². The highest BCUT2D eigenvalue weighted by atomic mass is 16.2. The maximum absolute atomic E-state index is 11.9. The summed E-state index contributed by atoms with van der Waals surface area (Å²) in [6, 6.07) is 10.6. The zero-order valence-corrected chi connectivity index (χ0v) is 13.1. The Morgan fingerprint density at radius 1 is 1.10 bits per heavy atom. The van der Waals surface area contributed by atoms with E-state index in [1.807, 2.05) is 13.0 Å². The van der Waals surface area contributed by atoms with Gasteiger partial charge in [0.2, 0.25) is 5.91 Å². The summed E-state index contributed by atoms with van der Waals surface area (Å²) in [7, 11) is 0. The van der Waals surface area contributed by atoms with E-state index >= 15 is 0 Å². The first-order chi connectivity index (χ1) is 9.49. The van der Waals surface area contributed by atoms with Crippen LogP contribution in [-0.4, -0.2) is 24.5 Å². The molecule has 0 spiro atoms. The molecule has 0 aromatic heterocycles. The molecule has 2 atom stereocenters. The number of hydrogen-bond acceptors (Lipinski definition) is 2. The van der Waals surface area contributed by atoms with Crippen LogP contribution in [0, 0.1) is 5.92 Å². The minimum absolute atomic E-state index is 0.0882. The van der Waals surface area contributed by atoms with Crippen molar-refractivity contribution < 1.29 is 4.79 Å². The molecule has 0 aliphatic heterocycles. The maximum atomic E-state index is 11.9. The van der Waals surface area contributed by atoms with Crippen molar-refractivity contribution in [3.05, 3.63) is 35.9 Å². The Morgan fingerprint density at radius 2 is 1.75 bits per heavy atom. The fraction of sp³-hybridized carbons (Fsp3) is 0.588. The fourth-order valence-electron chi connectivity index (χ4n) is 2.07. The van der Waals surface area contributed by atoms with E-state index in [1.165, 1.54) is 5.56 Å². The highest BCUT2D eigenvalue weighted by Gasteiger charge is 2.15. The standard InChI is InChI=1S/C17H28N2O/c1-13(2)12-18-17(20)15(4)19-14(3)10-11-16-8-6-5-7-9-16/h5-9,13-15,19H,10-12H2,1-4H3,(H,18,20). The molecule has 1 rings (SSSR count). The monoisotopic (exact) mass is 276 g/mol. The Kier molecular flexibility index (Phi) is 7.31. The molecule has 1 amide bonds. The molecule has 2 N–H and O–H groups in total. The normalized spacial score (nSPS) is 14.1. The Balaban J connectivity index is 2.27. The van der Waals surface area contributed by atoms with Gasteiger partial charge >= 0.3 is 0 Å². The van der Waals surface area contributed by atoms with Gasteiger partial charge in [0.25, 0.3) is 0 Å². The van der Waals surface area contributed by atoms with Crippen molar-refractivity contribution in [3.63, 3.8) is 0 Å². The minimum atomic E-state index is -0.139. The van der Waals surface area contributed by atoms with Gasteiger partial charge in [0.15, 0.2) is 0 Å². The van der Waals surface area contributed by atoms with E-state index in [-0.39, 0.29) is 11.9 Å². The van der Waals surface area contributed by atoms with Crippen molar-refractivity contribution in [1.82, 2.24) is 10.6 Å². The van der Waals surface area contributed by atoms with E-state index in [0.29, 0.717) is 12.0 Å². The molecule has 0 aliphatic carbocycles. The van der Waals surface area contributed by atoms with E-state index in [4.69, 9.17) is 0 Å². The molecule has 20 heavy (non-hydrogen) atoms. The lowest BCUT2D eigenvalue weighted by molar-refractivity contribution is -0.123. The van der Waals surface area contributed by atoms with E-state index in [0.717, 1.165) is 19.4 Å². The number of amides is 1. The third-order valence-corrected chi connectivity index (χ3v) is 3.32. The zero-order chi connectivity index (χ0) is 15.0. The van der Waals surface area contributed by atoms with Crippen molar-refractivity contribution in [2.45, 2.75) is 52.6 Å². The van der Waals surface area contributed by atoms with Crippen LogP contribution in [0.2, 0.25) is 0 Å². The lowest BCUT2D eigenvalue weighted by Gasteiger charge is -2.20. The number of rotatable bonds is 8. The van der Waals surface area contributed by atoms with Gasteiger partial charge in [0.1, 0.15) is 0 Å². The molecule has 2 unspecified atom stereocenters. The van der Waals surface area contributed by atoms with Gasteiger partial charge < -0.3 is 10.6 Å². The fourth-order valence-corrected chi connectivity index (χ4v) is 2.07. The van der Waals surface area contributed by atoms with Gasteiger partial charge in [-0.3, -0.25) is 4.79 Å². The molecule has 1 aromatic carbocycles. The lowest BCUT2D eigenvalue weighted by atomic mass is 10.1. The molecule has 0 bridgehead atoms. The smallest absolute Gasteiger partial charge is 0.236 e. The molecule has 3 heteroatoms. The first-order valence-electron chi connectivity index (χ1n) is 7.56. The van der Waals surface area contributed by atoms with Gasteiger partial charge in [0.05, 0.1) is 6.04 Å². The number of carbonyl (C=O) groups excluding carboxylic acids is 1. The molecule has 0 aliphatic rings. The van der Waals surface area contributed by atoms with Gasteiger partial charge in [-0.2, -0.15) is 0 Å². The van der Waals surface area contributed by atoms with Crippen LogP contribution in [0.3, 0.4) is 0 Å². The van der Waals surface area contributed by atoms with E-state index < -0.39 is 0 Å². The number of hydrogen-bond donors (Lipinski definition) is 2. The number of carbonyl (C=O) groups is 1. The molecule has 0 radical (unpaired) electrons. The summed E-state index contributed by atoms with van der Waals surface area (Å²) in [5.41, 5.74) is 1.35. The summed E-state index contributed by atoms with van der Waals surface area (Å²) in [5, 5.41) is 6.32. The second kappa shape index (κ2) is 8.75. The van der Waals surface area contributed by atoms with Crippen LogP contribution in [0.15, 0.2) is 30.3 Å². The highest BCUT2D eigenvalue weighted by molar-refractivity contribution is 5.81. The summed E-state index contributed by atoms with van der Waals surface area (Å²) in [6.07, 6.45) is 2.07. The molecule has 3 nitrogen and oxygen atoms in total. The maximum Gasteiger partial charge on any atom is 0.236 e. The first-order valence-corrected chi connectivity index (χ1v) is 7.56. The average Bonchev–Trinajstić information content (AvgIpc) is 2.43. The van der Waals surface area contributed by atoms with E-state index in [9.17, 15) is 4.79 Å². The van der Waals surface area contributed by atoms with Crippen LogP contribution in [0.1, 0.15) is 39.7 Å². The van der Waals surface area contributed by atoms with E-state index in [2.05, 4.69) is 55.7 Å². The SMILES string of the molecule is CC(C)CNC(=O)C(C)NC(C)CCc1ccccc1. The van der Waals surface area contributed by atoms with Crippen LogP contribution in [-0.2, 0) is 11.2 Å². The van der Waals surface area contributed by atoms with Crippen molar-refractivity contribution in [2.24, 2.45) is 5.92 Å². The summed E-state index contributed by atoms with van der Waals surface area (Å²) in [5.74, 6) is 0.576. The molecular formula is C17H28N2O. The number of aryl methyl sites for hydroxylation is 1. The topological polar surface area (TPSA) is 41.1 Å². The lowest BCUT2D eigenvalue weighted by Crippen LogP contribution is -2.46. The van der Waals surface area contributed by atoms with Crippen molar-refractivity contribution in [1.29, 1.82) is 0 Å². The largest absolute Gasteiger partial charge is 0.354 e. The van der Waals surface area contributed by atoms with Gasteiger partial charge in [-0.15, -0.1) is 0 Å². The van der Waals surface area contributed by atoms with E-state index in [1.54, 1.807) is 0 Å². The first kappa shape index (κ1) is 16.7. The second-order valence-corrected chi connectivity index (χ2v) is 5.95. The van der Waals surface area contributed by atoms with Crippen LogP contribution < -0.4 is 10.6 Å². The third-order valence-electron chi connectivity index (χ3n) is 3.32. The second-order valence-electron chi connectivity index (χ2n) is 5.95. The van der Waals surface area contributed by atoms with Crippen LogP contribution >= 0.6 is 0 Å². The molecule has 0 saturated heterocycles. The Morgan fingerprint density at radius 3 is 2.35 bits per heavy atom. The Hall–Kier alpha value is -1.35. The molecule has 112 valence electrons. The highest BCUT2D eigenvalue weighted by Crippen LogP contribution is 2.05. The van der Waals surface area contributed by atoms with Gasteiger partial charge in [-0.1, -0.05) is 44.2 Å². The molecular weight excluding hydrogens is 248 g/mol. The summed E-state index contributed by atoms with van der Waals surface area (Å²) in [6.45, 7) is 8.99. The molecule has 0 fully saturated rings. The predicted octanol–water partition coefficient (Wildman–Crippen LogP) is 2.76. The summed E-state index contributed by atoms with van der Waals surface area (Å²) in [4.78, 5) is 11.9. The number of benzene rings is 1. The molecule has 1 aromatic rings.